The van der Waals surface area contributed by atoms with E-state index in [0.717, 1.165) is 37.6 Å². The van der Waals surface area contributed by atoms with E-state index in [1.165, 1.54) is 14.7 Å². The summed E-state index contributed by atoms with van der Waals surface area (Å²) in [4.78, 5) is 32.9. The Bertz CT molecular complexity index is 1150. The molecule has 0 amide bonds. The number of nitrogens with zero attached hydrogens (tertiary/aromatic N) is 5. The second kappa shape index (κ2) is 6.96. The van der Waals surface area contributed by atoms with Crippen molar-refractivity contribution in [2.45, 2.75) is 46.7 Å². The van der Waals surface area contributed by atoms with Gasteiger partial charge in [-0.15, -0.1) is 0 Å². The Balaban J connectivity index is 1.92. The van der Waals surface area contributed by atoms with Crippen LogP contribution in [0.4, 0.5) is 11.6 Å². The molecule has 2 aromatic heterocycles. The summed E-state index contributed by atoms with van der Waals surface area (Å²) in [7, 11) is 1.70. The molecule has 28 heavy (non-hydrogen) atoms. The van der Waals surface area contributed by atoms with E-state index in [0.29, 0.717) is 23.6 Å². The zero-order valence-corrected chi connectivity index (χ0v) is 17.0. The molecule has 7 nitrogen and oxygen atoms in total. The fourth-order valence-corrected chi connectivity index (χ4v) is 3.89. The van der Waals surface area contributed by atoms with E-state index in [9.17, 15) is 9.59 Å². The topological polar surface area (TPSA) is 65.1 Å². The van der Waals surface area contributed by atoms with Crippen molar-refractivity contribution >= 4 is 22.8 Å². The second-order valence-electron chi connectivity index (χ2n) is 8.06. The zero-order chi connectivity index (χ0) is 20.0. The first-order valence-corrected chi connectivity index (χ1v) is 9.92. The molecular weight excluding hydrogens is 354 g/mol. The Morgan fingerprint density at radius 1 is 1.18 bits per heavy atom. The summed E-state index contributed by atoms with van der Waals surface area (Å²) < 4.78 is 4.86. The molecule has 0 atom stereocenters. The van der Waals surface area contributed by atoms with E-state index < -0.39 is 0 Å². The van der Waals surface area contributed by atoms with Crippen LogP contribution in [0.2, 0.25) is 0 Å². The van der Waals surface area contributed by atoms with Crippen LogP contribution in [0, 0.1) is 12.8 Å². The lowest BCUT2D eigenvalue weighted by molar-refractivity contribution is 0.487. The van der Waals surface area contributed by atoms with Crippen molar-refractivity contribution < 1.29 is 0 Å². The largest absolute Gasteiger partial charge is 0.332 e. The van der Waals surface area contributed by atoms with Crippen molar-refractivity contribution in [2.75, 3.05) is 11.4 Å². The number of hydrogen-bond donors (Lipinski definition) is 0. The van der Waals surface area contributed by atoms with Crippen LogP contribution in [-0.4, -0.2) is 25.2 Å². The van der Waals surface area contributed by atoms with Crippen LogP contribution in [0.15, 0.2) is 33.9 Å². The lowest BCUT2D eigenvalue weighted by Gasteiger charge is -2.29. The third-order valence-corrected chi connectivity index (χ3v) is 5.46. The van der Waals surface area contributed by atoms with Gasteiger partial charge < -0.3 is 9.47 Å². The molecule has 0 aliphatic carbocycles. The minimum Gasteiger partial charge on any atom is -0.312 e. The number of benzene rings is 1. The number of anilines is 2. The highest BCUT2D eigenvalue weighted by Gasteiger charge is 2.26. The van der Waals surface area contributed by atoms with Crippen molar-refractivity contribution in [1.29, 1.82) is 0 Å². The van der Waals surface area contributed by atoms with Gasteiger partial charge in [-0.1, -0.05) is 26.0 Å². The van der Waals surface area contributed by atoms with Crippen molar-refractivity contribution in [1.82, 2.24) is 18.7 Å². The van der Waals surface area contributed by atoms with E-state index in [4.69, 9.17) is 4.98 Å². The molecule has 1 aromatic carbocycles. The van der Waals surface area contributed by atoms with Crippen molar-refractivity contribution in [3.05, 3.63) is 50.7 Å². The van der Waals surface area contributed by atoms with Crippen LogP contribution < -0.4 is 16.1 Å². The van der Waals surface area contributed by atoms with Gasteiger partial charge in [0, 0.05) is 32.4 Å². The molecular formula is C21H27N5O2. The van der Waals surface area contributed by atoms with Gasteiger partial charge in [0.15, 0.2) is 11.2 Å². The highest BCUT2D eigenvalue weighted by Crippen LogP contribution is 2.31. The summed E-state index contributed by atoms with van der Waals surface area (Å²) in [6.07, 6.45) is 1.71. The third-order valence-electron chi connectivity index (χ3n) is 5.46. The first-order valence-electron chi connectivity index (χ1n) is 9.92. The number of aromatic nitrogens is 4. The fourth-order valence-electron chi connectivity index (χ4n) is 3.89. The number of imidazole rings is 1. The van der Waals surface area contributed by atoms with E-state index in [2.05, 4.69) is 43.9 Å². The van der Waals surface area contributed by atoms with Gasteiger partial charge in [0.05, 0.1) is 0 Å². The Morgan fingerprint density at radius 3 is 2.68 bits per heavy atom. The molecule has 1 aliphatic rings. The second-order valence-corrected chi connectivity index (χ2v) is 8.06. The molecule has 0 N–H and O–H groups in total. The summed E-state index contributed by atoms with van der Waals surface area (Å²) in [6, 6.07) is 8.27. The van der Waals surface area contributed by atoms with E-state index >= 15 is 0 Å². The van der Waals surface area contributed by atoms with Gasteiger partial charge in [0.2, 0.25) is 5.95 Å². The number of fused-ring (bicyclic) bond motifs is 3. The summed E-state index contributed by atoms with van der Waals surface area (Å²) in [5, 5.41) is 0. The maximum Gasteiger partial charge on any atom is 0.332 e. The van der Waals surface area contributed by atoms with Crippen LogP contribution in [0.1, 0.15) is 32.3 Å². The van der Waals surface area contributed by atoms with Gasteiger partial charge >= 0.3 is 5.69 Å². The average molecular weight is 381 g/mol. The lowest BCUT2D eigenvalue weighted by Crippen LogP contribution is -2.40. The van der Waals surface area contributed by atoms with Crippen molar-refractivity contribution in [3.8, 4) is 0 Å². The first-order chi connectivity index (χ1) is 13.4. The molecule has 7 heteroatoms. The number of rotatable bonds is 4. The molecule has 0 fully saturated rings. The van der Waals surface area contributed by atoms with Gasteiger partial charge in [-0.25, -0.2) is 4.79 Å². The Hall–Kier alpha value is -2.83. The molecule has 0 saturated heterocycles. The van der Waals surface area contributed by atoms with E-state index in [1.807, 2.05) is 10.6 Å². The highest BCUT2D eigenvalue weighted by atomic mass is 16.2. The molecule has 148 valence electrons. The smallest absolute Gasteiger partial charge is 0.312 e. The third kappa shape index (κ3) is 2.95. The lowest BCUT2D eigenvalue weighted by atomic mass is 10.1. The molecule has 0 unspecified atom stereocenters. The molecule has 4 rings (SSSR count). The zero-order valence-electron chi connectivity index (χ0n) is 17.0. The van der Waals surface area contributed by atoms with Gasteiger partial charge in [-0.2, -0.15) is 4.98 Å². The minimum absolute atomic E-state index is 0.233. The first kappa shape index (κ1) is 18.5. The van der Waals surface area contributed by atoms with Crippen LogP contribution in [0.25, 0.3) is 11.2 Å². The predicted octanol–water partition coefficient (Wildman–Crippen LogP) is 2.79. The Labute approximate surface area is 163 Å². The number of aryl methyl sites for hydroxylation is 3. The van der Waals surface area contributed by atoms with Gasteiger partial charge in [0.25, 0.3) is 5.56 Å². The molecule has 0 radical (unpaired) electrons. The summed E-state index contributed by atoms with van der Waals surface area (Å²) in [5.74, 6) is 1.16. The molecule has 3 heterocycles. The average Bonchev–Trinajstić information content (AvgIpc) is 3.06. The fraction of sp³-hybridized carbons (Fsp3) is 0.476. The molecule has 3 aromatic rings. The van der Waals surface area contributed by atoms with Crippen molar-refractivity contribution in [3.63, 3.8) is 0 Å². The summed E-state index contributed by atoms with van der Waals surface area (Å²) >= 11 is 0. The predicted molar refractivity (Wildman–Crippen MR) is 111 cm³/mol. The van der Waals surface area contributed by atoms with Crippen LogP contribution >= 0.6 is 0 Å². The van der Waals surface area contributed by atoms with E-state index in [-0.39, 0.29) is 11.2 Å². The molecule has 0 saturated carbocycles. The van der Waals surface area contributed by atoms with Crippen LogP contribution in [-0.2, 0) is 20.1 Å². The van der Waals surface area contributed by atoms with Gasteiger partial charge in [0.1, 0.15) is 0 Å². The standard InChI is InChI=1S/C21H27N5O2/c1-14(2)9-12-26-19(27)17-18(23(4)21(26)28)22-20-24(10-6-11-25(17)20)16-8-5-7-15(3)13-16/h5,7-8,13-14H,6,9-12H2,1-4H3. The quantitative estimate of drug-likeness (QED) is 0.697. The van der Waals surface area contributed by atoms with Crippen LogP contribution in [0.5, 0.6) is 0 Å². The normalized spacial score (nSPS) is 14.1. The van der Waals surface area contributed by atoms with Gasteiger partial charge in [-0.3, -0.25) is 13.9 Å². The Kier molecular flexibility index (Phi) is 4.61. The molecule has 1 aliphatic heterocycles. The van der Waals surface area contributed by atoms with Crippen molar-refractivity contribution in [2.24, 2.45) is 13.0 Å². The monoisotopic (exact) mass is 381 g/mol. The number of hydrogen-bond acceptors (Lipinski definition) is 4. The van der Waals surface area contributed by atoms with Gasteiger partial charge in [-0.05, 0) is 43.4 Å². The summed E-state index contributed by atoms with van der Waals surface area (Å²) in [5.41, 5.74) is 2.69. The summed E-state index contributed by atoms with van der Waals surface area (Å²) in [6.45, 7) is 8.24. The maximum atomic E-state index is 13.2. The Morgan fingerprint density at radius 2 is 1.96 bits per heavy atom. The molecule has 0 spiro atoms. The maximum absolute atomic E-state index is 13.2. The highest BCUT2D eigenvalue weighted by molar-refractivity contribution is 5.77. The van der Waals surface area contributed by atoms with E-state index in [1.54, 1.807) is 7.05 Å². The SMILES string of the molecule is Cc1cccc(N2CCCn3c2nc2c3c(=O)n(CCC(C)C)c(=O)n2C)c1. The minimum atomic E-state index is -0.296. The molecule has 0 bridgehead atoms. The van der Waals surface area contributed by atoms with Crippen LogP contribution in [0.3, 0.4) is 0 Å².